The first-order chi connectivity index (χ1) is 19.7. The lowest BCUT2D eigenvalue weighted by Crippen LogP contribution is -2.44. The monoisotopic (exact) mass is 584 g/mol. The largest absolute Gasteiger partial charge is 0.490 e. The van der Waals surface area contributed by atoms with Gasteiger partial charge in [-0.3, -0.25) is 4.79 Å². The topological polar surface area (TPSA) is 90.3 Å². The van der Waals surface area contributed by atoms with Crippen LogP contribution < -0.4 is 4.74 Å². The van der Waals surface area contributed by atoms with Crippen molar-refractivity contribution >= 4 is 12.0 Å². The van der Waals surface area contributed by atoms with Gasteiger partial charge in [-0.1, -0.05) is 6.92 Å². The molecule has 0 spiro atoms. The van der Waals surface area contributed by atoms with Crippen LogP contribution in [0.15, 0.2) is 6.07 Å². The number of nitrogens with zero attached hydrogens (tertiary/aromatic N) is 2. The SMILES string of the molecule is CC(C)(C)O.CCCN(CC)C(=O)N1CCc2c(C)c(CC(=O)O)c(-c3cc(F)c4c(c3C)CCCO4)c(C)c2CC1. The summed E-state index contributed by atoms with van der Waals surface area (Å²) in [6.07, 6.45) is 3.72. The molecular weight excluding hydrogens is 535 g/mol. The van der Waals surface area contributed by atoms with Crippen LogP contribution in [-0.2, 0) is 30.5 Å². The van der Waals surface area contributed by atoms with E-state index in [1.54, 1.807) is 20.8 Å². The fourth-order valence-corrected chi connectivity index (χ4v) is 6.19. The molecule has 0 aliphatic carbocycles. The van der Waals surface area contributed by atoms with Gasteiger partial charge in [0, 0.05) is 31.7 Å². The molecule has 2 aliphatic heterocycles. The Kier molecular flexibility index (Phi) is 11.0. The fraction of sp³-hybridized carbons (Fsp3) is 0.588. The minimum Gasteiger partial charge on any atom is -0.490 e. The Morgan fingerprint density at radius 1 is 1.00 bits per heavy atom. The summed E-state index contributed by atoms with van der Waals surface area (Å²) in [5, 5.41) is 18.4. The van der Waals surface area contributed by atoms with E-state index >= 15 is 4.39 Å². The van der Waals surface area contributed by atoms with Crippen LogP contribution in [0.25, 0.3) is 11.1 Å². The normalized spacial score (nSPS) is 14.6. The van der Waals surface area contributed by atoms with Gasteiger partial charge in [-0.15, -0.1) is 0 Å². The number of carboxylic acids is 1. The molecule has 0 saturated heterocycles. The van der Waals surface area contributed by atoms with Gasteiger partial charge in [-0.25, -0.2) is 9.18 Å². The van der Waals surface area contributed by atoms with Gasteiger partial charge >= 0.3 is 12.0 Å². The summed E-state index contributed by atoms with van der Waals surface area (Å²) in [5.74, 6) is -0.972. The maximum atomic E-state index is 15.3. The highest BCUT2D eigenvalue weighted by atomic mass is 19.1. The molecule has 0 unspecified atom stereocenters. The molecule has 2 aromatic carbocycles. The number of benzene rings is 2. The first-order valence-corrected chi connectivity index (χ1v) is 15.3. The minimum absolute atomic E-state index is 0.0612. The summed E-state index contributed by atoms with van der Waals surface area (Å²) in [6, 6.07) is 1.58. The summed E-state index contributed by atoms with van der Waals surface area (Å²) in [6.45, 7) is 18.4. The molecule has 2 aromatic rings. The number of halogens is 1. The Labute approximate surface area is 250 Å². The van der Waals surface area contributed by atoms with E-state index in [2.05, 4.69) is 6.92 Å². The molecular formula is C34H49FN2O5. The Balaban J connectivity index is 0.000000892. The summed E-state index contributed by atoms with van der Waals surface area (Å²) in [7, 11) is 0. The number of hydrogen-bond donors (Lipinski definition) is 2. The third kappa shape index (κ3) is 7.63. The van der Waals surface area contributed by atoms with Crippen LogP contribution in [0.3, 0.4) is 0 Å². The maximum absolute atomic E-state index is 15.3. The Hall–Kier alpha value is -3.13. The lowest BCUT2D eigenvalue weighted by molar-refractivity contribution is -0.136. The van der Waals surface area contributed by atoms with Crippen LogP contribution >= 0.6 is 0 Å². The summed E-state index contributed by atoms with van der Waals surface area (Å²) >= 11 is 0. The second-order valence-electron chi connectivity index (χ2n) is 12.4. The van der Waals surface area contributed by atoms with Gasteiger partial charge in [0.05, 0.1) is 18.6 Å². The number of fused-ring (bicyclic) bond motifs is 2. The van der Waals surface area contributed by atoms with E-state index in [9.17, 15) is 14.7 Å². The van der Waals surface area contributed by atoms with Gasteiger partial charge in [0.15, 0.2) is 11.6 Å². The van der Waals surface area contributed by atoms with E-state index in [-0.39, 0.29) is 12.5 Å². The summed E-state index contributed by atoms with van der Waals surface area (Å²) in [5.41, 5.74) is 7.87. The highest BCUT2D eigenvalue weighted by Gasteiger charge is 2.29. The van der Waals surface area contributed by atoms with Crippen molar-refractivity contribution in [2.45, 2.75) is 99.5 Å². The first-order valence-electron chi connectivity index (χ1n) is 15.3. The number of carbonyl (C=O) groups excluding carboxylic acids is 1. The number of urea groups is 1. The van der Waals surface area contributed by atoms with E-state index in [1.807, 2.05) is 37.5 Å². The molecule has 2 amide bonds. The van der Waals surface area contributed by atoms with Crippen molar-refractivity contribution in [1.82, 2.24) is 9.80 Å². The van der Waals surface area contributed by atoms with E-state index in [0.717, 1.165) is 75.9 Å². The first kappa shape index (κ1) is 33.4. The van der Waals surface area contributed by atoms with Crippen molar-refractivity contribution in [3.63, 3.8) is 0 Å². The van der Waals surface area contributed by atoms with Crippen LogP contribution in [0.4, 0.5) is 9.18 Å². The number of rotatable bonds is 6. The number of hydrogen-bond acceptors (Lipinski definition) is 4. The van der Waals surface area contributed by atoms with Crippen LogP contribution in [0, 0.1) is 26.6 Å². The van der Waals surface area contributed by atoms with Crippen LogP contribution in [-0.4, -0.2) is 70.4 Å². The number of ether oxygens (including phenoxy) is 1. The Morgan fingerprint density at radius 2 is 1.60 bits per heavy atom. The lowest BCUT2D eigenvalue weighted by Gasteiger charge is -2.29. The van der Waals surface area contributed by atoms with Crippen molar-refractivity contribution in [2.24, 2.45) is 0 Å². The number of aliphatic carboxylic acids is 1. The average molecular weight is 585 g/mol. The molecule has 0 bridgehead atoms. The molecule has 0 radical (unpaired) electrons. The summed E-state index contributed by atoms with van der Waals surface area (Å²) < 4.78 is 20.9. The van der Waals surface area contributed by atoms with E-state index < -0.39 is 17.4 Å². The van der Waals surface area contributed by atoms with Gasteiger partial charge in [0.2, 0.25) is 0 Å². The van der Waals surface area contributed by atoms with Crippen molar-refractivity contribution in [3.05, 3.63) is 50.8 Å². The van der Waals surface area contributed by atoms with E-state index in [0.29, 0.717) is 44.8 Å². The van der Waals surface area contributed by atoms with Crippen molar-refractivity contribution < 1.29 is 28.9 Å². The van der Waals surface area contributed by atoms with Crippen LogP contribution in [0.2, 0.25) is 0 Å². The predicted octanol–water partition coefficient (Wildman–Crippen LogP) is 6.40. The highest BCUT2D eigenvalue weighted by molar-refractivity contribution is 5.84. The van der Waals surface area contributed by atoms with Gasteiger partial charge in [-0.2, -0.15) is 0 Å². The molecule has 42 heavy (non-hydrogen) atoms. The molecule has 8 heteroatoms. The standard InChI is InChI=1S/C30H39FN2O4.C4H10O/c1-6-12-32(7-2)30(36)33-13-10-21-18(3)25(17-27(34)35)28(20(5)22(21)11-14-33)24-16-26(31)29-23(19(24)4)9-8-15-37-29;1-4(2,3)5/h16H,6-15,17H2,1-5H3,(H,34,35);5H,1-3H3. The third-order valence-electron chi connectivity index (χ3n) is 8.11. The van der Waals surface area contributed by atoms with Crippen molar-refractivity contribution in [2.75, 3.05) is 32.8 Å². The second-order valence-corrected chi connectivity index (χ2v) is 12.4. The average Bonchev–Trinajstić information content (AvgIpc) is 3.15. The number of aliphatic hydroxyl groups is 1. The van der Waals surface area contributed by atoms with Crippen molar-refractivity contribution in [3.8, 4) is 16.9 Å². The molecule has 0 atom stereocenters. The number of amides is 2. The molecule has 7 nitrogen and oxygen atoms in total. The molecule has 2 aliphatic rings. The van der Waals surface area contributed by atoms with Gasteiger partial charge < -0.3 is 24.7 Å². The number of carboxylic acid groups (broad SMARTS) is 1. The molecule has 0 aromatic heterocycles. The molecule has 0 fully saturated rings. The second kappa shape index (κ2) is 13.9. The third-order valence-corrected chi connectivity index (χ3v) is 8.11. The zero-order valence-corrected chi connectivity index (χ0v) is 26.7. The molecule has 4 rings (SSSR count). The zero-order chi connectivity index (χ0) is 31.4. The quantitative estimate of drug-likeness (QED) is 0.410. The molecule has 232 valence electrons. The summed E-state index contributed by atoms with van der Waals surface area (Å²) in [4.78, 5) is 29.0. The van der Waals surface area contributed by atoms with Gasteiger partial charge in [-0.05, 0) is 131 Å². The highest BCUT2D eigenvalue weighted by Crippen LogP contribution is 2.43. The number of carbonyl (C=O) groups is 2. The minimum atomic E-state index is -0.910. The predicted molar refractivity (Wildman–Crippen MR) is 165 cm³/mol. The maximum Gasteiger partial charge on any atom is 0.320 e. The van der Waals surface area contributed by atoms with Gasteiger partial charge in [0.25, 0.3) is 0 Å². The lowest BCUT2D eigenvalue weighted by atomic mass is 9.80. The van der Waals surface area contributed by atoms with E-state index in [4.69, 9.17) is 9.84 Å². The van der Waals surface area contributed by atoms with Crippen LogP contribution in [0.1, 0.15) is 86.4 Å². The molecule has 2 heterocycles. The van der Waals surface area contributed by atoms with Crippen LogP contribution in [0.5, 0.6) is 5.75 Å². The Morgan fingerprint density at radius 3 is 2.14 bits per heavy atom. The Bertz CT molecular complexity index is 1310. The molecule has 2 N–H and O–H groups in total. The zero-order valence-electron chi connectivity index (χ0n) is 26.7. The van der Waals surface area contributed by atoms with Gasteiger partial charge in [0.1, 0.15) is 0 Å². The van der Waals surface area contributed by atoms with Crippen molar-refractivity contribution in [1.29, 1.82) is 0 Å². The smallest absolute Gasteiger partial charge is 0.320 e. The fourth-order valence-electron chi connectivity index (χ4n) is 6.19. The molecule has 0 saturated carbocycles. The van der Waals surface area contributed by atoms with E-state index in [1.165, 1.54) is 6.07 Å².